The number of nitrogens with one attached hydrogen (secondary N) is 2. The molecule has 0 fully saturated rings. The van der Waals surface area contributed by atoms with Crippen molar-refractivity contribution in [3.63, 3.8) is 0 Å². The molecule has 2 rings (SSSR count). The van der Waals surface area contributed by atoms with Crippen LogP contribution >= 0.6 is 23.7 Å². The summed E-state index contributed by atoms with van der Waals surface area (Å²) in [5.41, 5.74) is 0.515. The van der Waals surface area contributed by atoms with Crippen LogP contribution in [0.4, 0.5) is 5.69 Å². The van der Waals surface area contributed by atoms with Crippen LogP contribution in [0.2, 0.25) is 0 Å². The van der Waals surface area contributed by atoms with E-state index in [-0.39, 0.29) is 29.1 Å². The van der Waals surface area contributed by atoms with E-state index >= 15 is 0 Å². The van der Waals surface area contributed by atoms with Gasteiger partial charge in [0.2, 0.25) is 0 Å². The molecule has 0 aliphatic heterocycles. The van der Waals surface area contributed by atoms with E-state index in [0.717, 1.165) is 6.54 Å². The first kappa shape index (κ1) is 23.2. The molecule has 0 saturated heterocycles. The number of benzene rings is 1. The lowest BCUT2D eigenvalue weighted by molar-refractivity contribution is -0.123. The molecular weight excluding hydrogens is 410 g/mol. The Hall–Kier alpha value is -1.81. The van der Waals surface area contributed by atoms with Crippen LogP contribution in [0.25, 0.3) is 0 Å². The fourth-order valence-corrected chi connectivity index (χ4v) is 4.46. The predicted octanol–water partition coefficient (Wildman–Crippen LogP) is 2.10. The van der Waals surface area contributed by atoms with Crippen molar-refractivity contribution in [3.8, 4) is 5.75 Å². The first-order chi connectivity index (χ1) is 12.4. The number of ether oxygens (including phenoxy) is 1. The molecule has 0 saturated carbocycles. The number of halogens is 1. The number of rotatable bonds is 10. The lowest BCUT2D eigenvalue weighted by Gasteiger charge is -2.18. The Morgan fingerprint density at radius 2 is 1.89 bits per heavy atom. The summed E-state index contributed by atoms with van der Waals surface area (Å²) >= 11 is 1.17. The van der Waals surface area contributed by atoms with Crippen molar-refractivity contribution in [2.24, 2.45) is 0 Å². The Bertz CT molecular complexity index is 796. The highest BCUT2D eigenvalue weighted by Crippen LogP contribution is 2.26. The molecule has 7 nitrogen and oxygen atoms in total. The first-order valence-electron chi connectivity index (χ1n) is 8.18. The summed E-state index contributed by atoms with van der Waals surface area (Å²) in [5, 5.41) is 7.57. The molecule has 0 unspecified atom stereocenters. The van der Waals surface area contributed by atoms with Gasteiger partial charge >= 0.3 is 0 Å². The number of carbonyl (C=O) groups is 1. The SMILES string of the molecule is CCNCCNC(=O)COc1ccc(N(C)S(=O)(=O)c2cccs2)cc1.Cl. The Kier molecular flexibility index (Phi) is 9.57. The zero-order valence-electron chi connectivity index (χ0n) is 15.2. The summed E-state index contributed by atoms with van der Waals surface area (Å²) in [6.07, 6.45) is 0. The highest BCUT2D eigenvalue weighted by molar-refractivity contribution is 7.94. The van der Waals surface area contributed by atoms with Crippen molar-refractivity contribution in [2.45, 2.75) is 11.1 Å². The van der Waals surface area contributed by atoms with Gasteiger partial charge in [-0.05, 0) is 42.3 Å². The average Bonchev–Trinajstić information content (AvgIpc) is 3.19. The number of amides is 1. The van der Waals surface area contributed by atoms with Crippen LogP contribution in [-0.4, -0.2) is 47.6 Å². The molecule has 0 aliphatic rings. The van der Waals surface area contributed by atoms with Gasteiger partial charge in [-0.15, -0.1) is 23.7 Å². The molecule has 27 heavy (non-hydrogen) atoms. The lowest BCUT2D eigenvalue weighted by atomic mass is 10.3. The molecule has 1 heterocycles. The van der Waals surface area contributed by atoms with Gasteiger partial charge in [0.25, 0.3) is 15.9 Å². The quantitative estimate of drug-likeness (QED) is 0.560. The second kappa shape index (κ2) is 11.1. The van der Waals surface area contributed by atoms with Crippen LogP contribution in [0, 0.1) is 0 Å². The van der Waals surface area contributed by atoms with Crippen LogP contribution in [0.5, 0.6) is 5.75 Å². The number of carbonyl (C=O) groups excluding carboxylic acids is 1. The molecule has 0 atom stereocenters. The van der Waals surface area contributed by atoms with Crippen LogP contribution in [0.15, 0.2) is 46.0 Å². The van der Waals surface area contributed by atoms with Crippen LogP contribution < -0.4 is 19.7 Å². The van der Waals surface area contributed by atoms with Gasteiger partial charge in [-0.1, -0.05) is 13.0 Å². The molecular formula is C17H24ClN3O4S2. The maximum atomic E-state index is 12.5. The maximum absolute atomic E-state index is 12.5. The summed E-state index contributed by atoms with van der Waals surface area (Å²) in [5.74, 6) is 0.293. The summed E-state index contributed by atoms with van der Waals surface area (Å²) in [4.78, 5) is 11.7. The molecule has 150 valence electrons. The topological polar surface area (TPSA) is 87.7 Å². The lowest BCUT2D eigenvalue weighted by Crippen LogP contribution is -2.34. The van der Waals surface area contributed by atoms with Gasteiger partial charge in [0, 0.05) is 20.1 Å². The molecule has 2 N–H and O–H groups in total. The van der Waals surface area contributed by atoms with E-state index in [9.17, 15) is 13.2 Å². The molecule has 0 spiro atoms. The van der Waals surface area contributed by atoms with E-state index in [2.05, 4.69) is 10.6 Å². The van der Waals surface area contributed by atoms with Gasteiger partial charge in [0.15, 0.2) is 6.61 Å². The minimum absolute atomic E-state index is 0. The fourth-order valence-electron chi connectivity index (χ4n) is 2.10. The highest BCUT2D eigenvalue weighted by atomic mass is 35.5. The van der Waals surface area contributed by atoms with E-state index in [1.54, 1.807) is 41.8 Å². The Labute approximate surface area is 170 Å². The van der Waals surface area contributed by atoms with Gasteiger partial charge in [-0.2, -0.15) is 0 Å². The smallest absolute Gasteiger partial charge is 0.273 e. The number of nitrogens with zero attached hydrogens (tertiary/aromatic N) is 1. The van der Waals surface area contributed by atoms with Gasteiger partial charge in [0.05, 0.1) is 5.69 Å². The maximum Gasteiger partial charge on any atom is 0.273 e. The van der Waals surface area contributed by atoms with Gasteiger partial charge in [-0.3, -0.25) is 9.10 Å². The molecule has 2 aromatic rings. The Morgan fingerprint density at radius 1 is 1.19 bits per heavy atom. The third-order valence-electron chi connectivity index (χ3n) is 3.55. The summed E-state index contributed by atoms with van der Waals surface area (Å²) in [7, 11) is -2.06. The Balaban J connectivity index is 0.00000364. The number of anilines is 1. The van der Waals surface area contributed by atoms with Crippen molar-refractivity contribution in [1.29, 1.82) is 0 Å². The second-order valence-corrected chi connectivity index (χ2v) is 8.53. The number of likely N-dealkylation sites (N-methyl/N-ethyl adjacent to an activating group) is 1. The number of hydrogen-bond acceptors (Lipinski definition) is 6. The van der Waals surface area contributed by atoms with Crippen molar-refractivity contribution >= 4 is 45.4 Å². The van der Waals surface area contributed by atoms with Crippen LogP contribution in [0.1, 0.15) is 6.92 Å². The molecule has 1 aromatic carbocycles. The van der Waals surface area contributed by atoms with Crippen molar-refractivity contribution in [2.75, 3.05) is 37.6 Å². The van der Waals surface area contributed by atoms with E-state index in [0.29, 0.717) is 24.5 Å². The van der Waals surface area contributed by atoms with Gasteiger partial charge in [-0.25, -0.2) is 8.42 Å². The van der Waals surface area contributed by atoms with Gasteiger partial charge in [0.1, 0.15) is 9.96 Å². The molecule has 10 heteroatoms. The van der Waals surface area contributed by atoms with Crippen molar-refractivity contribution < 1.29 is 17.9 Å². The number of thiophene rings is 1. The minimum atomic E-state index is -3.56. The van der Waals surface area contributed by atoms with E-state index in [1.165, 1.54) is 22.7 Å². The molecule has 0 radical (unpaired) electrons. The molecule has 1 aromatic heterocycles. The number of hydrogen-bond donors (Lipinski definition) is 2. The minimum Gasteiger partial charge on any atom is -0.484 e. The average molecular weight is 434 g/mol. The third-order valence-corrected chi connectivity index (χ3v) is 6.71. The fraction of sp³-hybridized carbons (Fsp3) is 0.353. The summed E-state index contributed by atoms with van der Waals surface area (Å²) in [6, 6.07) is 9.84. The first-order valence-corrected chi connectivity index (χ1v) is 10.5. The van der Waals surface area contributed by atoms with E-state index in [4.69, 9.17) is 4.74 Å². The van der Waals surface area contributed by atoms with E-state index in [1.807, 2.05) is 6.92 Å². The summed E-state index contributed by atoms with van der Waals surface area (Å²) in [6.45, 7) is 4.02. The van der Waals surface area contributed by atoms with Gasteiger partial charge < -0.3 is 15.4 Å². The predicted molar refractivity (Wildman–Crippen MR) is 111 cm³/mol. The van der Waals surface area contributed by atoms with Crippen LogP contribution in [0.3, 0.4) is 0 Å². The number of sulfonamides is 1. The molecule has 0 aliphatic carbocycles. The zero-order chi connectivity index (χ0) is 19.0. The zero-order valence-corrected chi connectivity index (χ0v) is 17.6. The van der Waals surface area contributed by atoms with Crippen molar-refractivity contribution in [1.82, 2.24) is 10.6 Å². The largest absolute Gasteiger partial charge is 0.484 e. The third kappa shape index (κ3) is 6.69. The second-order valence-electron chi connectivity index (χ2n) is 5.39. The normalized spacial score (nSPS) is 10.7. The monoisotopic (exact) mass is 433 g/mol. The van der Waals surface area contributed by atoms with E-state index < -0.39 is 10.0 Å². The van der Waals surface area contributed by atoms with Crippen LogP contribution in [-0.2, 0) is 14.8 Å². The summed E-state index contributed by atoms with van der Waals surface area (Å²) < 4.78 is 31.9. The Morgan fingerprint density at radius 3 is 2.48 bits per heavy atom. The van der Waals surface area contributed by atoms with Crippen molar-refractivity contribution in [3.05, 3.63) is 41.8 Å². The highest BCUT2D eigenvalue weighted by Gasteiger charge is 2.22. The molecule has 0 bridgehead atoms. The standard InChI is InChI=1S/C17H23N3O4S2.ClH/c1-3-18-10-11-19-16(21)13-24-15-8-6-14(7-9-15)20(2)26(22,23)17-5-4-12-25-17;/h4-9,12,18H,3,10-11,13H2,1-2H3,(H,19,21);1H. The molecule has 1 amide bonds.